The summed E-state index contributed by atoms with van der Waals surface area (Å²) in [5.41, 5.74) is -0.712. The molecule has 0 unspecified atom stereocenters. The molecule has 2 heterocycles. The van der Waals surface area contributed by atoms with Crippen molar-refractivity contribution in [1.29, 1.82) is 0 Å². The molecule has 0 saturated carbocycles. The van der Waals surface area contributed by atoms with E-state index in [1.807, 2.05) is 0 Å². The number of benzene rings is 2. The fourth-order valence-electron chi connectivity index (χ4n) is 4.09. The molecule has 4 rings (SSSR count). The Kier molecular flexibility index (Phi) is 7.92. The van der Waals surface area contributed by atoms with Gasteiger partial charge in [0.1, 0.15) is 11.5 Å². The Morgan fingerprint density at radius 2 is 1.50 bits per heavy atom. The smallest absolute Gasteiger partial charge is 0.416 e. The molecular formula is C25H22F3N5O9. The minimum atomic E-state index is -4.55. The third kappa shape index (κ3) is 6.62. The summed E-state index contributed by atoms with van der Waals surface area (Å²) in [5, 5.41) is 70.2. The zero-order chi connectivity index (χ0) is 31.0. The van der Waals surface area contributed by atoms with Gasteiger partial charge in [-0.3, -0.25) is 14.0 Å². The second-order valence-corrected chi connectivity index (χ2v) is 8.96. The van der Waals surface area contributed by atoms with Crippen LogP contribution in [0.4, 0.5) is 24.7 Å². The number of aliphatic hydroxyl groups is 6. The lowest BCUT2D eigenvalue weighted by Crippen LogP contribution is -2.62. The summed E-state index contributed by atoms with van der Waals surface area (Å²) in [6.07, 6.45) is -11.2. The first-order valence-corrected chi connectivity index (χ1v) is 11.7. The van der Waals surface area contributed by atoms with Crippen LogP contribution in [0.15, 0.2) is 60.9 Å². The highest BCUT2D eigenvalue weighted by Crippen LogP contribution is 2.32. The van der Waals surface area contributed by atoms with Crippen molar-refractivity contribution in [3.63, 3.8) is 0 Å². The van der Waals surface area contributed by atoms with Crippen molar-refractivity contribution in [3.05, 3.63) is 89.0 Å². The fourth-order valence-corrected chi connectivity index (χ4v) is 4.09. The largest absolute Gasteiger partial charge is 0.481 e. The lowest BCUT2D eigenvalue weighted by atomic mass is 10.1. The normalized spacial score (nSPS) is 12.4. The van der Waals surface area contributed by atoms with Crippen LogP contribution in [0.5, 0.6) is 0 Å². The maximum absolute atomic E-state index is 12.8. The fraction of sp³-hybridized carbons (Fsp3) is 0.200. The van der Waals surface area contributed by atoms with Crippen molar-refractivity contribution in [1.82, 2.24) is 14.4 Å². The number of carboxylic acids is 1. The Bertz CT molecular complexity index is 1600. The number of carbonyl (C=O) groups excluding carboxylic acids is 1. The Morgan fingerprint density at radius 3 is 2.02 bits per heavy atom. The van der Waals surface area contributed by atoms with E-state index in [2.05, 4.69) is 15.3 Å². The molecular weight excluding hydrogens is 571 g/mol. The highest BCUT2D eigenvalue weighted by Gasteiger charge is 2.47. The van der Waals surface area contributed by atoms with Crippen molar-refractivity contribution >= 4 is 29.0 Å². The van der Waals surface area contributed by atoms with E-state index in [1.165, 1.54) is 41.1 Å². The molecule has 0 atom stereocenters. The van der Waals surface area contributed by atoms with Crippen molar-refractivity contribution < 1.29 is 58.5 Å². The van der Waals surface area contributed by atoms with Gasteiger partial charge >= 0.3 is 24.3 Å². The van der Waals surface area contributed by atoms with E-state index in [9.17, 15) is 58.5 Å². The number of nitrogens with one attached hydrogen (secondary N) is 1. The van der Waals surface area contributed by atoms with Crippen LogP contribution in [0, 0.1) is 0 Å². The molecule has 0 spiro atoms. The van der Waals surface area contributed by atoms with E-state index in [0.29, 0.717) is 5.56 Å². The van der Waals surface area contributed by atoms with Crippen LogP contribution < -0.4 is 10.2 Å². The van der Waals surface area contributed by atoms with E-state index in [0.717, 1.165) is 24.3 Å². The van der Waals surface area contributed by atoms with Gasteiger partial charge in [0.05, 0.1) is 12.0 Å². The highest BCUT2D eigenvalue weighted by atomic mass is 19.4. The maximum atomic E-state index is 12.8. The predicted molar refractivity (Wildman–Crippen MR) is 134 cm³/mol. The first-order chi connectivity index (χ1) is 19.4. The molecule has 8 N–H and O–H groups in total. The zero-order valence-electron chi connectivity index (χ0n) is 21.1. The number of carboxylic acid groups (broad SMARTS) is 1. The molecule has 2 aromatic carbocycles. The van der Waals surface area contributed by atoms with Crippen LogP contribution in [0.1, 0.15) is 32.9 Å². The van der Waals surface area contributed by atoms with Crippen LogP contribution in [0.3, 0.4) is 0 Å². The average Bonchev–Trinajstić information content (AvgIpc) is 3.35. The van der Waals surface area contributed by atoms with Crippen molar-refractivity contribution in [2.45, 2.75) is 31.2 Å². The van der Waals surface area contributed by atoms with Gasteiger partial charge in [-0.05, 0) is 42.0 Å². The second-order valence-electron chi connectivity index (χ2n) is 8.96. The van der Waals surface area contributed by atoms with Gasteiger partial charge in [0.15, 0.2) is 5.82 Å². The molecule has 0 aliphatic heterocycles. The van der Waals surface area contributed by atoms with Crippen molar-refractivity contribution in [2.24, 2.45) is 0 Å². The number of amides is 1. The molecule has 1 amide bonds. The Balaban J connectivity index is 1.64. The quantitative estimate of drug-likeness (QED) is 0.122. The van der Waals surface area contributed by atoms with E-state index >= 15 is 0 Å². The Morgan fingerprint density at radius 1 is 0.905 bits per heavy atom. The van der Waals surface area contributed by atoms with Crippen LogP contribution in [-0.4, -0.2) is 74.2 Å². The zero-order valence-corrected chi connectivity index (χ0v) is 21.1. The number of nitrogens with zero attached hydrogens (tertiary/aromatic N) is 4. The number of fused-ring (bicyclic) bond motifs is 1. The first kappa shape index (κ1) is 30.3. The molecule has 0 aliphatic carbocycles. The molecule has 42 heavy (non-hydrogen) atoms. The van der Waals surface area contributed by atoms with Crippen molar-refractivity contribution in [3.8, 4) is 0 Å². The molecule has 222 valence electrons. The molecule has 2 aromatic heterocycles. The average molecular weight is 593 g/mol. The van der Waals surface area contributed by atoms with Crippen LogP contribution >= 0.6 is 0 Å². The van der Waals surface area contributed by atoms with Crippen LogP contribution in [0.25, 0.3) is 5.65 Å². The lowest BCUT2D eigenvalue weighted by Gasteiger charge is -2.37. The molecule has 0 aliphatic rings. The highest BCUT2D eigenvalue weighted by molar-refractivity contribution is 6.04. The third-order valence-electron chi connectivity index (χ3n) is 5.88. The first-order valence-electron chi connectivity index (χ1n) is 11.7. The van der Waals surface area contributed by atoms with Gasteiger partial charge in [0.2, 0.25) is 0 Å². The number of hydrogen-bond donors (Lipinski definition) is 8. The topological polar surface area (TPSA) is 221 Å². The second kappa shape index (κ2) is 11.0. The Hall–Kier alpha value is -4.65. The van der Waals surface area contributed by atoms with Gasteiger partial charge in [-0.15, -0.1) is 0 Å². The number of alkyl halides is 3. The van der Waals surface area contributed by atoms with Gasteiger partial charge in [0, 0.05) is 35.6 Å². The number of anilines is 2. The minimum absolute atomic E-state index is 0.00770. The molecule has 17 heteroatoms. The van der Waals surface area contributed by atoms with Gasteiger partial charge in [-0.25, -0.2) is 14.9 Å². The summed E-state index contributed by atoms with van der Waals surface area (Å²) in [5.74, 6) is -3.08. The number of aliphatic carboxylic acids is 1. The van der Waals surface area contributed by atoms with E-state index in [4.69, 9.17) is 0 Å². The molecule has 14 nitrogen and oxygen atoms in total. The van der Waals surface area contributed by atoms with E-state index in [-0.39, 0.29) is 29.1 Å². The molecule has 0 radical (unpaired) electrons. The summed E-state index contributed by atoms with van der Waals surface area (Å²) < 4.78 is 39.6. The van der Waals surface area contributed by atoms with Crippen molar-refractivity contribution in [2.75, 3.05) is 10.2 Å². The molecule has 0 saturated heterocycles. The van der Waals surface area contributed by atoms with Gasteiger partial charge in [0.25, 0.3) is 5.91 Å². The van der Waals surface area contributed by atoms with E-state index in [1.54, 1.807) is 0 Å². The molecule has 0 fully saturated rings. The number of rotatable bonds is 9. The number of halogens is 3. The maximum Gasteiger partial charge on any atom is 0.416 e. The van der Waals surface area contributed by atoms with Gasteiger partial charge < -0.3 is 41.1 Å². The van der Waals surface area contributed by atoms with E-state index < -0.39 is 58.5 Å². The monoisotopic (exact) mass is 593 g/mol. The SMILES string of the molecule is O=C(O)Cc1c(N(C(O)(O)O)C(O)(O)O)nc(Cc2ccc(NC(=O)c3ccc(C(F)(F)F)cc3)cc2)n2ccnc12. The summed E-state index contributed by atoms with van der Waals surface area (Å²) in [7, 11) is 0. The van der Waals surface area contributed by atoms with Crippen LogP contribution in [-0.2, 0) is 23.8 Å². The molecule has 0 bridgehead atoms. The molecule has 4 aromatic rings. The number of aromatic nitrogens is 3. The third-order valence-corrected chi connectivity index (χ3v) is 5.88. The summed E-state index contributed by atoms with van der Waals surface area (Å²) >= 11 is 0. The predicted octanol–water partition coefficient (Wildman–Crippen LogP) is 0.201. The summed E-state index contributed by atoms with van der Waals surface area (Å²) in [6, 6.07) is 9.61. The number of carbonyl (C=O) groups is 2. The van der Waals surface area contributed by atoms with Crippen LogP contribution in [0.2, 0.25) is 0 Å². The van der Waals surface area contributed by atoms with Gasteiger partial charge in [-0.2, -0.15) is 13.2 Å². The minimum Gasteiger partial charge on any atom is -0.481 e. The Labute approximate surface area is 232 Å². The number of hydrogen-bond acceptors (Lipinski definition) is 11. The van der Waals surface area contributed by atoms with Gasteiger partial charge in [-0.1, -0.05) is 12.1 Å². The summed E-state index contributed by atoms with van der Waals surface area (Å²) in [6.45, 7) is 0. The standard InChI is InChI=1S/C25H22F3N5O9/c26-23(27,28)15-5-3-14(4-6-15)22(36)30-16-7-1-13(2-8-16)11-18-31-21(33(24(37,38)39)25(40,41)42)17(12-19(34)35)20-29-9-10-32(18)20/h1-10,37-42H,11-12H2,(H,30,36)(H,34,35). The summed E-state index contributed by atoms with van der Waals surface area (Å²) in [4.78, 5) is 31.5. The lowest BCUT2D eigenvalue weighted by molar-refractivity contribution is -0.395. The number of imidazole rings is 1.